The first-order valence-electron chi connectivity index (χ1n) is 13.9. The third-order valence-electron chi connectivity index (χ3n) is 7.54. The molecule has 0 radical (unpaired) electrons. The van der Waals surface area contributed by atoms with Crippen LogP contribution < -0.4 is 0 Å². The fraction of sp³-hybridized carbons (Fsp3) is 0.533. The maximum absolute atomic E-state index is 14.3. The molecule has 0 bridgehead atoms. The Morgan fingerprint density at radius 1 is 0.974 bits per heavy atom. The average Bonchev–Trinajstić information content (AvgIpc) is 3.55. The first-order valence-corrected chi connectivity index (χ1v) is 18.1. The van der Waals surface area contributed by atoms with E-state index >= 15 is 0 Å². The maximum Gasteiger partial charge on any atom is 0.261 e. The number of fused-ring (bicyclic) bond motifs is 1. The van der Waals surface area contributed by atoms with Gasteiger partial charge in [0.1, 0.15) is 0 Å². The molecule has 0 saturated heterocycles. The minimum Gasteiger partial charge on any atom is -0.306 e. The number of carbonyl (C=O) groups is 2. The molecule has 208 valence electrons. The highest BCUT2D eigenvalue weighted by atomic mass is 79.9. The van der Waals surface area contributed by atoms with Gasteiger partial charge in [0, 0.05) is 18.0 Å². The van der Waals surface area contributed by atoms with Crippen molar-refractivity contribution in [2.45, 2.75) is 79.1 Å². The first kappa shape index (κ1) is 31.4. The second-order valence-electron chi connectivity index (χ2n) is 10.1. The summed E-state index contributed by atoms with van der Waals surface area (Å²) in [6.07, 6.45) is 12.3. The van der Waals surface area contributed by atoms with Crippen LogP contribution in [0.15, 0.2) is 56.4 Å². The van der Waals surface area contributed by atoms with Crippen LogP contribution >= 0.6 is 52.3 Å². The summed E-state index contributed by atoms with van der Waals surface area (Å²) in [6.45, 7) is 13.9. The Morgan fingerprint density at radius 3 is 2.03 bits per heavy atom. The summed E-state index contributed by atoms with van der Waals surface area (Å²) in [6, 6.07) is 4.03. The molecule has 3 heterocycles. The van der Waals surface area contributed by atoms with Crippen molar-refractivity contribution < 1.29 is 9.59 Å². The highest BCUT2D eigenvalue weighted by Crippen LogP contribution is 2.50. The van der Waals surface area contributed by atoms with Crippen LogP contribution in [0.1, 0.15) is 83.9 Å². The lowest BCUT2D eigenvalue weighted by Crippen LogP contribution is -2.35. The van der Waals surface area contributed by atoms with Crippen LogP contribution in [0, 0.1) is 11.8 Å². The van der Waals surface area contributed by atoms with E-state index in [9.17, 15) is 9.59 Å². The van der Waals surface area contributed by atoms with E-state index in [0.29, 0.717) is 36.1 Å². The van der Waals surface area contributed by atoms with Gasteiger partial charge in [-0.15, -0.1) is 11.3 Å². The predicted molar refractivity (Wildman–Crippen MR) is 171 cm³/mol. The van der Waals surface area contributed by atoms with Crippen LogP contribution in [-0.2, 0) is 9.59 Å². The van der Waals surface area contributed by atoms with E-state index in [1.165, 1.54) is 10.2 Å². The summed E-state index contributed by atoms with van der Waals surface area (Å²) in [5.74, 6) is 0.652. The van der Waals surface area contributed by atoms with Gasteiger partial charge in [-0.3, -0.25) is 9.59 Å². The van der Waals surface area contributed by atoms with E-state index in [-0.39, 0.29) is 11.8 Å². The molecule has 38 heavy (non-hydrogen) atoms. The largest absolute Gasteiger partial charge is 0.306 e. The minimum absolute atomic E-state index is 0.0570. The van der Waals surface area contributed by atoms with Gasteiger partial charge >= 0.3 is 0 Å². The number of hydrogen-bond donors (Lipinski definition) is 0. The summed E-state index contributed by atoms with van der Waals surface area (Å²) >= 11 is 8.74. The van der Waals surface area contributed by atoms with E-state index in [0.717, 1.165) is 76.3 Å². The topological polar surface area (TPSA) is 40.6 Å². The van der Waals surface area contributed by atoms with Crippen LogP contribution in [0.5, 0.6) is 0 Å². The standard InChI is InChI=1S/C30H40Br2N2O2S2/c1-6-11-14-20(9-4)18-33-27(22-16-17-24(31)37-22)25-26(30(33)36)28(23(38-32)13-8-3)34(29(25)35)19-21(10-5)15-12-7-2/h8,13,16-17,20-21H,3,6-7,9-12,14-15,18-19H2,1-2,4-5H3/b23-13-. The van der Waals surface area contributed by atoms with Gasteiger partial charge in [-0.1, -0.05) is 78.9 Å². The fourth-order valence-corrected chi connectivity index (χ4v) is 7.96. The Kier molecular flexibility index (Phi) is 12.5. The normalized spacial score (nSPS) is 17.7. The number of unbranched alkanes of at least 4 members (excludes halogenated alkanes) is 2. The molecule has 4 nitrogen and oxygen atoms in total. The zero-order chi connectivity index (χ0) is 27.8. The fourth-order valence-electron chi connectivity index (χ4n) is 5.30. The van der Waals surface area contributed by atoms with Gasteiger partial charge < -0.3 is 9.80 Å². The molecule has 2 aliphatic rings. The summed E-state index contributed by atoms with van der Waals surface area (Å²) in [7, 11) is 1.39. The molecule has 0 fully saturated rings. The van der Waals surface area contributed by atoms with Crippen LogP contribution in [0.2, 0.25) is 0 Å². The summed E-state index contributed by atoms with van der Waals surface area (Å²) in [5.41, 5.74) is 2.61. The van der Waals surface area contributed by atoms with E-state index in [4.69, 9.17) is 0 Å². The third-order valence-corrected chi connectivity index (χ3v) is 10.7. The minimum atomic E-state index is -0.0570. The lowest BCUT2D eigenvalue weighted by molar-refractivity contribution is -0.124. The monoisotopic (exact) mass is 682 g/mol. The second kappa shape index (κ2) is 15.1. The number of thiophene rings is 1. The molecule has 2 unspecified atom stereocenters. The van der Waals surface area contributed by atoms with Crippen LogP contribution in [0.25, 0.3) is 5.70 Å². The van der Waals surface area contributed by atoms with Crippen LogP contribution in [-0.4, -0.2) is 34.7 Å². The number of hydrogen-bond acceptors (Lipinski definition) is 4. The molecule has 0 N–H and O–H groups in total. The van der Waals surface area contributed by atoms with Crippen molar-refractivity contribution in [3.05, 3.63) is 61.3 Å². The predicted octanol–water partition coefficient (Wildman–Crippen LogP) is 9.71. The Bertz CT molecular complexity index is 1120. The average molecular weight is 685 g/mol. The van der Waals surface area contributed by atoms with Crippen molar-refractivity contribution >= 4 is 69.8 Å². The molecule has 0 aromatic carbocycles. The highest BCUT2D eigenvalue weighted by Gasteiger charge is 2.50. The molecule has 1 aromatic heterocycles. The van der Waals surface area contributed by atoms with E-state index in [1.54, 1.807) is 17.4 Å². The highest BCUT2D eigenvalue weighted by molar-refractivity contribution is 9.50. The van der Waals surface area contributed by atoms with Gasteiger partial charge in [0.25, 0.3) is 11.8 Å². The zero-order valence-corrected chi connectivity index (χ0v) is 27.8. The Balaban J connectivity index is 2.20. The molecule has 0 aliphatic carbocycles. The van der Waals surface area contributed by atoms with Gasteiger partial charge in [0.15, 0.2) is 0 Å². The van der Waals surface area contributed by atoms with Crippen molar-refractivity contribution in [2.24, 2.45) is 11.8 Å². The summed E-state index contributed by atoms with van der Waals surface area (Å²) in [5, 5.41) is 0. The van der Waals surface area contributed by atoms with Crippen molar-refractivity contribution in [2.75, 3.05) is 13.1 Å². The van der Waals surface area contributed by atoms with Crippen molar-refractivity contribution in [3.8, 4) is 0 Å². The van der Waals surface area contributed by atoms with E-state index in [2.05, 4.69) is 65.0 Å². The van der Waals surface area contributed by atoms with Crippen molar-refractivity contribution in [3.63, 3.8) is 0 Å². The lowest BCUT2D eigenvalue weighted by atomic mass is 9.98. The smallest absolute Gasteiger partial charge is 0.261 e. The molecule has 0 spiro atoms. The van der Waals surface area contributed by atoms with Crippen LogP contribution in [0.3, 0.4) is 0 Å². The summed E-state index contributed by atoms with van der Waals surface area (Å²) < 4.78 is 0.986. The second-order valence-corrected chi connectivity index (χ2v) is 14.1. The van der Waals surface area contributed by atoms with Crippen molar-refractivity contribution in [1.82, 2.24) is 9.80 Å². The van der Waals surface area contributed by atoms with Gasteiger partial charge in [0.2, 0.25) is 0 Å². The van der Waals surface area contributed by atoms with Gasteiger partial charge in [-0.2, -0.15) is 0 Å². The molecule has 1 aromatic rings. The molecular formula is C30H40Br2N2O2S2. The van der Waals surface area contributed by atoms with Crippen molar-refractivity contribution in [1.29, 1.82) is 0 Å². The SMILES string of the molecule is C=C/C=C(\SBr)C1=C2C(=O)N(CC(CC)CCCC)C(c3ccc(Br)s3)=C2C(=O)N1CC(CC)CCCC. The zero-order valence-electron chi connectivity index (χ0n) is 23.0. The third kappa shape index (κ3) is 6.79. The maximum atomic E-state index is 14.3. The number of nitrogens with zero attached hydrogens (tertiary/aromatic N) is 2. The van der Waals surface area contributed by atoms with E-state index < -0.39 is 0 Å². The Morgan fingerprint density at radius 2 is 1.55 bits per heavy atom. The molecule has 8 heteroatoms. The molecule has 0 saturated carbocycles. The molecule has 2 amide bonds. The molecule has 2 atom stereocenters. The number of allylic oxidation sites excluding steroid dienone is 2. The molecule has 3 rings (SSSR count). The molecular weight excluding hydrogens is 644 g/mol. The lowest BCUT2D eigenvalue weighted by Gasteiger charge is -2.29. The molecule has 2 aliphatic heterocycles. The van der Waals surface area contributed by atoms with Gasteiger partial charge in [-0.05, 0) is 83.8 Å². The van der Waals surface area contributed by atoms with Crippen LogP contribution in [0.4, 0.5) is 0 Å². The first-order chi connectivity index (χ1) is 18.4. The van der Waals surface area contributed by atoms with Gasteiger partial charge in [0.05, 0.1) is 31.2 Å². The Labute approximate surface area is 253 Å². The van der Waals surface area contributed by atoms with Gasteiger partial charge in [-0.25, -0.2) is 0 Å². The number of carbonyl (C=O) groups excluding carboxylic acids is 2. The number of amides is 2. The van der Waals surface area contributed by atoms with E-state index in [1.807, 2.05) is 28.0 Å². The Hall–Kier alpha value is -1.09. The number of halogens is 2. The quantitative estimate of drug-likeness (QED) is 0.163. The summed E-state index contributed by atoms with van der Waals surface area (Å²) in [4.78, 5) is 34.2. The number of rotatable bonds is 16.